The van der Waals surface area contributed by atoms with Crippen molar-refractivity contribution in [2.75, 3.05) is 20.0 Å². The predicted octanol–water partition coefficient (Wildman–Crippen LogP) is 6.97. The Labute approximate surface area is 163 Å². The first kappa shape index (κ1) is 18.0. The molecule has 0 aliphatic heterocycles. The summed E-state index contributed by atoms with van der Waals surface area (Å²) in [7, 11) is -1.19. The van der Waals surface area contributed by atoms with Gasteiger partial charge in [0.25, 0.3) is 0 Å². The summed E-state index contributed by atoms with van der Waals surface area (Å²) in [6.45, 7) is 7.39. The molecule has 0 saturated carbocycles. The summed E-state index contributed by atoms with van der Waals surface area (Å²) in [6, 6.07) is 32.7. The van der Waals surface area contributed by atoms with Crippen LogP contribution in [-0.2, 0) is 0 Å². The Bertz CT molecular complexity index is 975. The van der Waals surface area contributed by atoms with E-state index in [1.54, 1.807) is 0 Å². The molecule has 134 valence electrons. The maximum absolute atomic E-state index is 2.46. The summed E-state index contributed by atoms with van der Waals surface area (Å²) in [4.78, 5) is 0. The standard InChI is InChI=1S/C26H26P/c1-27(2,3)26-24(21-15-9-5-10-16-21)19-23(20-13-7-4-8-14-20)25(26)22-17-11-6-12-18-22/h4-19,26H,1-3H3/q+1. The van der Waals surface area contributed by atoms with Crippen molar-refractivity contribution in [3.05, 3.63) is 114 Å². The highest BCUT2D eigenvalue weighted by atomic mass is 31.2. The Morgan fingerprint density at radius 1 is 0.556 bits per heavy atom. The summed E-state index contributed by atoms with van der Waals surface area (Å²) >= 11 is 0. The van der Waals surface area contributed by atoms with Crippen LogP contribution in [0.4, 0.5) is 0 Å². The van der Waals surface area contributed by atoms with Crippen molar-refractivity contribution in [1.82, 2.24) is 0 Å². The molecule has 0 N–H and O–H groups in total. The Balaban J connectivity index is 1.98. The second-order valence-electron chi connectivity index (χ2n) is 8.04. The molecule has 0 aromatic heterocycles. The molecule has 1 aliphatic rings. The van der Waals surface area contributed by atoms with Crippen LogP contribution in [0.1, 0.15) is 16.7 Å². The van der Waals surface area contributed by atoms with Crippen molar-refractivity contribution >= 4 is 24.0 Å². The fourth-order valence-corrected chi connectivity index (χ4v) is 6.20. The van der Waals surface area contributed by atoms with Crippen LogP contribution in [0.15, 0.2) is 97.1 Å². The van der Waals surface area contributed by atoms with Gasteiger partial charge in [0.05, 0.1) is 0 Å². The maximum Gasteiger partial charge on any atom is 0.120 e. The largest absolute Gasteiger partial charge is 0.120 e. The van der Waals surface area contributed by atoms with Gasteiger partial charge in [0.1, 0.15) is 5.66 Å². The normalized spacial score (nSPS) is 17.1. The zero-order valence-electron chi connectivity index (χ0n) is 16.3. The fourth-order valence-electron chi connectivity index (χ4n) is 4.08. The van der Waals surface area contributed by atoms with Crippen LogP contribution in [0.5, 0.6) is 0 Å². The van der Waals surface area contributed by atoms with E-state index in [1.165, 1.54) is 33.4 Å². The van der Waals surface area contributed by atoms with E-state index >= 15 is 0 Å². The predicted molar refractivity (Wildman–Crippen MR) is 123 cm³/mol. The van der Waals surface area contributed by atoms with Gasteiger partial charge in [0.15, 0.2) is 0 Å². The Morgan fingerprint density at radius 2 is 1.00 bits per heavy atom. The van der Waals surface area contributed by atoms with Crippen molar-refractivity contribution in [3.63, 3.8) is 0 Å². The molecule has 1 atom stereocenters. The minimum absolute atomic E-state index is 0.456. The van der Waals surface area contributed by atoms with E-state index in [-0.39, 0.29) is 0 Å². The van der Waals surface area contributed by atoms with Gasteiger partial charge in [-0.05, 0) is 28.3 Å². The van der Waals surface area contributed by atoms with Crippen molar-refractivity contribution in [3.8, 4) is 0 Å². The zero-order chi connectivity index (χ0) is 18.9. The number of hydrogen-bond donors (Lipinski definition) is 0. The number of hydrogen-bond acceptors (Lipinski definition) is 0. The van der Waals surface area contributed by atoms with Crippen molar-refractivity contribution in [2.45, 2.75) is 5.66 Å². The van der Waals surface area contributed by atoms with E-state index < -0.39 is 7.26 Å². The first-order valence-electron chi connectivity index (χ1n) is 9.49. The molecule has 1 unspecified atom stereocenters. The van der Waals surface area contributed by atoms with Crippen LogP contribution in [0.3, 0.4) is 0 Å². The molecule has 0 spiro atoms. The fraction of sp³-hybridized carbons (Fsp3) is 0.154. The third-order valence-corrected chi connectivity index (χ3v) is 7.29. The van der Waals surface area contributed by atoms with Crippen LogP contribution in [0.2, 0.25) is 0 Å². The summed E-state index contributed by atoms with van der Waals surface area (Å²) in [5, 5.41) is 0. The Hall–Kier alpha value is -2.43. The molecule has 0 bridgehead atoms. The van der Waals surface area contributed by atoms with Crippen molar-refractivity contribution in [2.24, 2.45) is 0 Å². The van der Waals surface area contributed by atoms with Gasteiger partial charge in [-0.1, -0.05) is 91.0 Å². The SMILES string of the molecule is C[P+](C)(C)C1C(c2ccccc2)=CC(c2ccccc2)=C1c1ccccc1. The monoisotopic (exact) mass is 369 g/mol. The Morgan fingerprint density at radius 3 is 1.48 bits per heavy atom. The highest BCUT2D eigenvalue weighted by Gasteiger charge is 2.43. The molecule has 0 radical (unpaired) electrons. The number of benzene rings is 3. The molecule has 0 fully saturated rings. The Kier molecular flexibility index (Phi) is 4.85. The van der Waals surface area contributed by atoms with Gasteiger partial charge >= 0.3 is 0 Å². The average Bonchev–Trinajstić information content (AvgIpc) is 3.11. The summed E-state index contributed by atoms with van der Waals surface area (Å²) in [5.41, 5.74) is 8.78. The number of allylic oxidation sites excluding steroid dienone is 4. The highest BCUT2D eigenvalue weighted by Crippen LogP contribution is 2.64. The summed E-state index contributed by atoms with van der Waals surface area (Å²) < 4.78 is 0. The van der Waals surface area contributed by atoms with E-state index in [2.05, 4.69) is 117 Å². The number of rotatable bonds is 4. The molecule has 0 heterocycles. The maximum atomic E-state index is 2.46. The lowest BCUT2D eigenvalue weighted by atomic mass is 9.95. The molecule has 3 aromatic carbocycles. The minimum Gasteiger partial charge on any atom is -0.0622 e. The second-order valence-corrected chi connectivity index (χ2v) is 12.8. The second kappa shape index (κ2) is 7.29. The van der Waals surface area contributed by atoms with Crippen LogP contribution in [0, 0.1) is 0 Å². The molecule has 1 aliphatic carbocycles. The van der Waals surface area contributed by atoms with Gasteiger partial charge in [-0.25, -0.2) is 0 Å². The topological polar surface area (TPSA) is 0 Å². The van der Waals surface area contributed by atoms with Gasteiger partial charge in [-0.3, -0.25) is 0 Å². The molecule has 1 heteroatoms. The lowest BCUT2D eigenvalue weighted by molar-refractivity contribution is 1.39. The molecule has 3 aromatic rings. The van der Waals surface area contributed by atoms with Gasteiger partial charge in [0.2, 0.25) is 0 Å². The third-order valence-electron chi connectivity index (χ3n) is 5.21. The van der Waals surface area contributed by atoms with Gasteiger partial charge < -0.3 is 0 Å². The third kappa shape index (κ3) is 3.55. The van der Waals surface area contributed by atoms with Gasteiger partial charge in [-0.2, -0.15) is 0 Å². The van der Waals surface area contributed by atoms with E-state index in [0.717, 1.165) is 0 Å². The molecule has 0 saturated heterocycles. The van der Waals surface area contributed by atoms with E-state index in [9.17, 15) is 0 Å². The molecule has 0 nitrogen and oxygen atoms in total. The van der Waals surface area contributed by atoms with E-state index in [0.29, 0.717) is 5.66 Å². The summed E-state index contributed by atoms with van der Waals surface area (Å²) in [6.07, 6.45) is 2.45. The zero-order valence-corrected chi connectivity index (χ0v) is 17.2. The van der Waals surface area contributed by atoms with Crippen molar-refractivity contribution < 1.29 is 0 Å². The van der Waals surface area contributed by atoms with Crippen LogP contribution < -0.4 is 0 Å². The lowest BCUT2D eigenvalue weighted by Gasteiger charge is -2.27. The minimum atomic E-state index is -1.19. The molecule has 27 heavy (non-hydrogen) atoms. The quantitative estimate of drug-likeness (QED) is 0.436. The van der Waals surface area contributed by atoms with Crippen LogP contribution in [0.25, 0.3) is 16.7 Å². The van der Waals surface area contributed by atoms with Crippen LogP contribution in [-0.4, -0.2) is 25.7 Å². The lowest BCUT2D eigenvalue weighted by Crippen LogP contribution is -2.14. The summed E-state index contributed by atoms with van der Waals surface area (Å²) in [5.74, 6) is 0. The molecule has 4 rings (SSSR count). The van der Waals surface area contributed by atoms with Crippen molar-refractivity contribution in [1.29, 1.82) is 0 Å². The molecular weight excluding hydrogens is 343 g/mol. The highest BCUT2D eigenvalue weighted by molar-refractivity contribution is 7.75. The first-order chi connectivity index (χ1) is 13.1. The molecule has 0 amide bonds. The first-order valence-corrected chi connectivity index (χ1v) is 12.7. The average molecular weight is 369 g/mol. The van der Waals surface area contributed by atoms with Gasteiger partial charge in [0, 0.05) is 38.4 Å². The molecular formula is C26H26P+. The van der Waals surface area contributed by atoms with E-state index in [1.807, 2.05) is 0 Å². The van der Waals surface area contributed by atoms with Gasteiger partial charge in [-0.15, -0.1) is 0 Å². The van der Waals surface area contributed by atoms with E-state index in [4.69, 9.17) is 0 Å². The van der Waals surface area contributed by atoms with Crippen LogP contribution >= 0.6 is 7.26 Å². The smallest absolute Gasteiger partial charge is 0.0622 e.